The first-order valence-electron chi connectivity index (χ1n) is 8.12. The Hall–Kier alpha value is -3.24. The van der Waals surface area contributed by atoms with Crippen molar-refractivity contribution in [1.29, 1.82) is 5.26 Å². The molecule has 0 saturated carbocycles. The Morgan fingerprint density at radius 3 is 2.10 bits per heavy atom. The smallest absolute Gasteiger partial charge is 0.387 e. The lowest BCUT2D eigenvalue weighted by Gasteiger charge is -2.26. The largest absolute Gasteiger partial charge is 0.417 e. The molecule has 2 aromatic rings. The number of aliphatic hydroxyl groups is 2. The molecule has 13 heteroatoms. The zero-order chi connectivity index (χ0) is 22.3. The molecule has 3 unspecified atom stereocenters. The molecule has 0 amide bonds. The predicted octanol–water partition coefficient (Wildman–Crippen LogP) is 2.88. The van der Waals surface area contributed by atoms with Crippen molar-refractivity contribution in [3.63, 3.8) is 0 Å². The number of hydrogen-bond donors (Lipinski definition) is 2. The second-order valence-electron chi connectivity index (χ2n) is 6.26. The van der Waals surface area contributed by atoms with Gasteiger partial charge in [0.2, 0.25) is 0 Å². The Balaban J connectivity index is 1.95. The number of pyridine rings is 2. The van der Waals surface area contributed by atoms with Crippen molar-refractivity contribution in [3.8, 4) is 6.07 Å². The highest BCUT2D eigenvalue weighted by atomic mass is 19.4. The molecule has 3 rings (SSSR count). The molecule has 0 bridgehead atoms. The van der Waals surface area contributed by atoms with Crippen LogP contribution in [0.1, 0.15) is 22.8 Å². The van der Waals surface area contributed by atoms with Crippen molar-refractivity contribution >= 4 is 11.4 Å². The lowest BCUT2D eigenvalue weighted by Crippen LogP contribution is -2.36. The lowest BCUT2D eigenvalue weighted by atomic mass is 9.91. The van der Waals surface area contributed by atoms with Gasteiger partial charge < -0.3 is 10.2 Å². The summed E-state index contributed by atoms with van der Waals surface area (Å²) in [4.78, 5) is 6.83. The fourth-order valence-electron chi connectivity index (χ4n) is 2.85. The van der Waals surface area contributed by atoms with Crippen molar-refractivity contribution in [2.75, 3.05) is 5.01 Å². The average molecular weight is 431 g/mol. The van der Waals surface area contributed by atoms with Gasteiger partial charge in [-0.3, -0.25) is 9.97 Å². The monoisotopic (exact) mass is 431 g/mol. The summed E-state index contributed by atoms with van der Waals surface area (Å²) in [6.45, 7) is 0. The van der Waals surface area contributed by atoms with Crippen LogP contribution in [0.3, 0.4) is 0 Å². The summed E-state index contributed by atoms with van der Waals surface area (Å²) in [5, 5.41) is 34.6. The fourth-order valence-corrected chi connectivity index (χ4v) is 2.85. The van der Waals surface area contributed by atoms with Gasteiger partial charge in [0.1, 0.15) is 11.8 Å². The summed E-state index contributed by atoms with van der Waals surface area (Å²) in [5.41, 5.74) is -3.50. The van der Waals surface area contributed by atoms with E-state index in [-0.39, 0.29) is 11.3 Å². The Bertz CT molecular complexity index is 1020. The normalized spacial score (nSPS) is 20.6. The third kappa shape index (κ3) is 4.05. The molecular formula is C17H11F6N5O2. The third-order valence-electron chi connectivity index (χ3n) is 4.30. The number of halogens is 6. The topological polar surface area (TPSA) is 106 Å². The molecule has 2 N–H and O–H groups in total. The van der Waals surface area contributed by atoms with E-state index in [1.54, 1.807) is 6.07 Å². The van der Waals surface area contributed by atoms with Gasteiger partial charge in [0.05, 0.1) is 35.0 Å². The number of hydrazone groups is 1. The van der Waals surface area contributed by atoms with Gasteiger partial charge in [-0.2, -0.15) is 36.7 Å². The van der Waals surface area contributed by atoms with E-state index >= 15 is 0 Å². The summed E-state index contributed by atoms with van der Waals surface area (Å²) in [6.07, 6.45) is -10.3. The van der Waals surface area contributed by atoms with E-state index in [4.69, 9.17) is 0 Å². The summed E-state index contributed by atoms with van der Waals surface area (Å²) in [5.74, 6) is -1.55. The van der Waals surface area contributed by atoms with Crippen LogP contribution in [0.2, 0.25) is 0 Å². The van der Waals surface area contributed by atoms with Gasteiger partial charge in [0.25, 0.3) is 0 Å². The van der Waals surface area contributed by atoms with E-state index in [0.29, 0.717) is 29.5 Å². The molecule has 0 aliphatic carbocycles. The maximum atomic E-state index is 12.9. The molecular weight excluding hydrogens is 420 g/mol. The van der Waals surface area contributed by atoms with E-state index in [2.05, 4.69) is 15.1 Å². The number of alkyl halides is 6. The quantitative estimate of drug-likeness (QED) is 0.725. The molecule has 1 aliphatic rings. The van der Waals surface area contributed by atoms with Gasteiger partial charge in [-0.1, -0.05) is 0 Å². The second-order valence-corrected chi connectivity index (χ2v) is 6.26. The molecule has 2 aromatic heterocycles. The van der Waals surface area contributed by atoms with E-state index in [1.165, 1.54) is 0 Å². The summed E-state index contributed by atoms with van der Waals surface area (Å²) >= 11 is 0. The number of nitrogens with zero attached hydrogens (tertiary/aromatic N) is 5. The van der Waals surface area contributed by atoms with Crippen LogP contribution < -0.4 is 5.01 Å². The average Bonchev–Trinajstić information content (AvgIpc) is 3.02. The van der Waals surface area contributed by atoms with Crippen molar-refractivity contribution < 1.29 is 36.6 Å². The molecule has 3 atom stereocenters. The standard InChI is InChI=1S/C17H11F6N5O2/c18-16(19,20)9-1-8(4-25-5-9)14(29)13-12(3-24)27-28(15(13)30)11-2-10(6-26-7-11)17(21,22)23/h1-2,4-7,13-15,29-30H. The Labute approximate surface area is 164 Å². The van der Waals surface area contributed by atoms with Gasteiger partial charge in [-0.05, 0) is 12.1 Å². The zero-order valence-electron chi connectivity index (χ0n) is 14.6. The highest BCUT2D eigenvalue weighted by Gasteiger charge is 2.43. The lowest BCUT2D eigenvalue weighted by molar-refractivity contribution is -0.138. The number of hydrogen-bond acceptors (Lipinski definition) is 7. The maximum absolute atomic E-state index is 12.9. The summed E-state index contributed by atoms with van der Waals surface area (Å²) in [7, 11) is 0. The summed E-state index contributed by atoms with van der Waals surface area (Å²) in [6, 6.07) is 2.80. The maximum Gasteiger partial charge on any atom is 0.417 e. The minimum absolute atomic E-state index is 0.332. The molecule has 0 radical (unpaired) electrons. The predicted molar refractivity (Wildman–Crippen MR) is 88.5 cm³/mol. The number of aliphatic hydroxyl groups excluding tert-OH is 2. The third-order valence-corrected chi connectivity index (χ3v) is 4.30. The van der Waals surface area contributed by atoms with Crippen LogP contribution in [0, 0.1) is 17.2 Å². The van der Waals surface area contributed by atoms with Crippen LogP contribution in [0.4, 0.5) is 32.0 Å². The second kappa shape index (κ2) is 7.54. The van der Waals surface area contributed by atoms with Gasteiger partial charge in [-0.15, -0.1) is 0 Å². The fraction of sp³-hybridized carbons (Fsp3) is 0.294. The van der Waals surface area contributed by atoms with Crippen LogP contribution in [0.5, 0.6) is 0 Å². The Morgan fingerprint density at radius 2 is 1.53 bits per heavy atom. The van der Waals surface area contributed by atoms with Crippen molar-refractivity contribution in [3.05, 3.63) is 53.6 Å². The van der Waals surface area contributed by atoms with E-state index in [0.717, 1.165) is 12.4 Å². The van der Waals surface area contributed by atoms with E-state index in [1.807, 2.05) is 0 Å². The molecule has 0 saturated heterocycles. The SMILES string of the molecule is N#CC1=NN(c2cncc(C(F)(F)F)c2)C(O)C1C(O)c1cncc(C(F)(F)F)c1. The highest BCUT2D eigenvalue weighted by Crippen LogP contribution is 2.38. The van der Waals surface area contributed by atoms with E-state index < -0.39 is 47.4 Å². The van der Waals surface area contributed by atoms with E-state index in [9.17, 15) is 41.8 Å². The number of rotatable bonds is 3. The molecule has 0 fully saturated rings. The van der Waals surface area contributed by atoms with Crippen molar-refractivity contribution in [2.24, 2.45) is 11.0 Å². The number of anilines is 1. The molecule has 0 aromatic carbocycles. The van der Waals surface area contributed by atoms with Gasteiger partial charge in [0.15, 0.2) is 6.23 Å². The van der Waals surface area contributed by atoms with Crippen molar-refractivity contribution in [2.45, 2.75) is 24.7 Å². The molecule has 3 heterocycles. The van der Waals surface area contributed by atoms with Crippen LogP contribution >= 0.6 is 0 Å². The minimum Gasteiger partial charge on any atom is -0.387 e. The van der Waals surface area contributed by atoms with Gasteiger partial charge >= 0.3 is 12.4 Å². The van der Waals surface area contributed by atoms with Gasteiger partial charge in [0, 0.05) is 24.2 Å². The molecule has 158 valence electrons. The number of nitriles is 1. The van der Waals surface area contributed by atoms with Crippen molar-refractivity contribution in [1.82, 2.24) is 9.97 Å². The number of aromatic nitrogens is 2. The van der Waals surface area contributed by atoms with Crippen LogP contribution in [-0.4, -0.2) is 32.1 Å². The Kier molecular flexibility index (Phi) is 5.40. The highest BCUT2D eigenvalue weighted by molar-refractivity contribution is 6.03. The first-order valence-corrected chi connectivity index (χ1v) is 8.12. The molecule has 7 nitrogen and oxygen atoms in total. The summed E-state index contributed by atoms with van der Waals surface area (Å²) < 4.78 is 77.4. The molecule has 30 heavy (non-hydrogen) atoms. The zero-order valence-corrected chi connectivity index (χ0v) is 14.6. The molecule has 1 aliphatic heterocycles. The Morgan fingerprint density at radius 1 is 0.967 bits per heavy atom. The van der Waals surface area contributed by atoms with Crippen LogP contribution in [0.15, 0.2) is 42.0 Å². The van der Waals surface area contributed by atoms with Crippen LogP contribution in [-0.2, 0) is 12.4 Å². The van der Waals surface area contributed by atoms with Crippen LogP contribution in [0.25, 0.3) is 0 Å². The first-order chi connectivity index (χ1) is 13.9. The molecule has 0 spiro atoms. The van der Waals surface area contributed by atoms with Gasteiger partial charge in [-0.25, -0.2) is 5.01 Å². The first kappa shape index (κ1) is 21.5. The minimum atomic E-state index is -4.75.